The summed E-state index contributed by atoms with van der Waals surface area (Å²) < 4.78 is 0. The third-order valence-corrected chi connectivity index (χ3v) is 5.42. The largest absolute Gasteiger partial charge is 0.307 e. The zero-order valence-electron chi connectivity index (χ0n) is 13.3. The number of halogens is 3. The first-order valence-corrected chi connectivity index (χ1v) is 9.27. The van der Waals surface area contributed by atoms with E-state index >= 15 is 0 Å². The summed E-state index contributed by atoms with van der Waals surface area (Å²) in [5.41, 5.74) is 2.37. The van der Waals surface area contributed by atoms with E-state index in [1.807, 2.05) is 35.2 Å². The molecule has 2 aliphatic rings. The highest BCUT2D eigenvalue weighted by molar-refractivity contribution is 6.70. The number of carbonyl (C=O) groups excluding carboxylic acids is 1. The molecule has 1 saturated carbocycles. The van der Waals surface area contributed by atoms with Gasteiger partial charge in [0.05, 0.1) is 5.69 Å². The third-order valence-electron chi connectivity index (χ3n) is 4.52. The average Bonchev–Trinajstić information content (AvgIpc) is 3.42. The van der Waals surface area contributed by atoms with E-state index in [1.165, 1.54) is 0 Å². The second kappa shape index (κ2) is 6.64. The average molecular weight is 394 g/mol. The summed E-state index contributed by atoms with van der Waals surface area (Å²) in [5, 5.41) is 1.51. The Kier molecular flexibility index (Phi) is 4.48. The number of fused-ring (bicyclic) bond motifs is 1. The first-order chi connectivity index (χ1) is 12.0. The van der Waals surface area contributed by atoms with Gasteiger partial charge >= 0.3 is 0 Å². The van der Waals surface area contributed by atoms with Gasteiger partial charge in [0.15, 0.2) is 0 Å². The van der Waals surface area contributed by atoms with Gasteiger partial charge in [0.25, 0.3) is 5.91 Å². The molecule has 0 aromatic heterocycles. The standard InChI is InChI=1S/C19H15Cl3N2O/c20-12-5-8-17-14(10-12)18(22)23-16(19(25)24(17)13-6-7-13)9-11-3-1-2-4-15(11)21/h1-5,8,10,13,16H,6-7,9H2. The minimum Gasteiger partial charge on any atom is -0.307 e. The summed E-state index contributed by atoms with van der Waals surface area (Å²) in [7, 11) is 0. The lowest BCUT2D eigenvalue weighted by molar-refractivity contribution is -0.119. The number of benzodiazepines with no additional fused rings is 1. The topological polar surface area (TPSA) is 32.7 Å². The van der Waals surface area contributed by atoms with Crippen LogP contribution in [0.25, 0.3) is 0 Å². The molecule has 1 unspecified atom stereocenters. The van der Waals surface area contributed by atoms with Gasteiger partial charge in [0.1, 0.15) is 11.2 Å². The minimum absolute atomic E-state index is 0.0401. The molecule has 4 rings (SSSR count). The van der Waals surface area contributed by atoms with Crippen LogP contribution in [-0.2, 0) is 11.2 Å². The van der Waals surface area contributed by atoms with Crippen LogP contribution in [0.5, 0.6) is 0 Å². The number of amides is 1. The van der Waals surface area contributed by atoms with Crippen LogP contribution < -0.4 is 4.90 Å². The number of carbonyl (C=O) groups is 1. The molecule has 1 amide bonds. The Balaban J connectivity index is 1.77. The number of anilines is 1. The Hall–Kier alpha value is -1.55. The molecule has 2 aromatic carbocycles. The van der Waals surface area contributed by atoms with Crippen LogP contribution in [0.3, 0.4) is 0 Å². The maximum absolute atomic E-state index is 13.2. The van der Waals surface area contributed by atoms with Gasteiger partial charge < -0.3 is 4.90 Å². The summed E-state index contributed by atoms with van der Waals surface area (Å²) in [6.07, 6.45) is 2.40. The van der Waals surface area contributed by atoms with Crippen molar-refractivity contribution in [2.75, 3.05) is 4.90 Å². The van der Waals surface area contributed by atoms with Crippen LogP contribution in [0.1, 0.15) is 24.0 Å². The fourth-order valence-corrected chi connectivity index (χ4v) is 3.79. The van der Waals surface area contributed by atoms with Crippen LogP contribution in [0.2, 0.25) is 10.0 Å². The van der Waals surface area contributed by atoms with Gasteiger partial charge in [-0.1, -0.05) is 53.0 Å². The lowest BCUT2D eigenvalue weighted by atomic mass is 10.0. The third kappa shape index (κ3) is 3.29. The highest BCUT2D eigenvalue weighted by Crippen LogP contribution is 2.38. The molecule has 6 heteroatoms. The monoisotopic (exact) mass is 392 g/mol. The van der Waals surface area contributed by atoms with E-state index < -0.39 is 6.04 Å². The summed E-state index contributed by atoms with van der Waals surface area (Å²) in [6.45, 7) is 0. The molecule has 0 spiro atoms. The molecule has 2 aromatic rings. The summed E-state index contributed by atoms with van der Waals surface area (Å²) in [4.78, 5) is 19.6. The molecule has 25 heavy (non-hydrogen) atoms. The van der Waals surface area contributed by atoms with E-state index in [2.05, 4.69) is 4.99 Å². The molecule has 1 aliphatic heterocycles. The molecular weight excluding hydrogens is 379 g/mol. The van der Waals surface area contributed by atoms with Crippen molar-refractivity contribution >= 4 is 51.6 Å². The van der Waals surface area contributed by atoms with Gasteiger partial charge in [-0.05, 0) is 42.7 Å². The predicted molar refractivity (Wildman–Crippen MR) is 103 cm³/mol. The summed E-state index contributed by atoms with van der Waals surface area (Å²) in [6, 6.07) is 12.5. The maximum atomic E-state index is 13.2. The first-order valence-electron chi connectivity index (χ1n) is 8.14. The molecule has 1 heterocycles. The van der Waals surface area contributed by atoms with Crippen molar-refractivity contribution in [1.29, 1.82) is 0 Å². The highest BCUT2D eigenvalue weighted by Gasteiger charge is 2.40. The molecule has 0 bridgehead atoms. The van der Waals surface area contributed by atoms with Crippen molar-refractivity contribution in [3.63, 3.8) is 0 Å². The zero-order chi connectivity index (χ0) is 17.6. The number of hydrogen-bond acceptors (Lipinski definition) is 2. The first kappa shape index (κ1) is 16.9. The zero-order valence-corrected chi connectivity index (χ0v) is 15.5. The Morgan fingerprint density at radius 2 is 1.84 bits per heavy atom. The molecule has 1 fully saturated rings. The van der Waals surface area contributed by atoms with Crippen molar-refractivity contribution in [2.24, 2.45) is 4.99 Å². The Morgan fingerprint density at radius 3 is 2.56 bits per heavy atom. The van der Waals surface area contributed by atoms with Crippen molar-refractivity contribution < 1.29 is 4.79 Å². The Bertz CT molecular complexity index is 877. The van der Waals surface area contributed by atoms with E-state index in [0.29, 0.717) is 27.2 Å². The van der Waals surface area contributed by atoms with Crippen molar-refractivity contribution in [1.82, 2.24) is 0 Å². The smallest absolute Gasteiger partial charge is 0.252 e. The van der Waals surface area contributed by atoms with Gasteiger partial charge in [0, 0.05) is 28.1 Å². The molecule has 1 aliphatic carbocycles. The van der Waals surface area contributed by atoms with E-state index in [0.717, 1.165) is 24.1 Å². The van der Waals surface area contributed by atoms with Gasteiger partial charge in [-0.15, -0.1) is 0 Å². The van der Waals surface area contributed by atoms with E-state index in [-0.39, 0.29) is 11.9 Å². The van der Waals surface area contributed by atoms with Crippen molar-refractivity contribution in [3.05, 3.63) is 63.6 Å². The SMILES string of the molecule is O=C1C(Cc2ccccc2Cl)N=C(Cl)c2cc(Cl)ccc2N1C1CC1. The Morgan fingerprint density at radius 1 is 1.08 bits per heavy atom. The minimum atomic E-state index is -0.598. The van der Waals surface area contributed by atoms with E-state index in [1.54, 1.807) is 12.1 Å². The van der Waals surface area contributed by atoms with Gasteiger partial charge in [-0.3, -0.25) is 9.79 Å². The normalized spacial score (nSPS) is 20.1. The van der Waals surface area contributed by atoms with E-state index in [9.17, 15) is 4.79 Å². The van der Waals surface area contributed by atoms with Crippen LogP contribution in [-0.4, -0.2) is 23.2 Å². The number of hydrogen-bond donors (Lipinski definition) is 0. The lowest BCUT2D eigenvalue weighted by Crippen LogP contribution is -2.40. The molecular formula is C19H15Cl3N2O. The van der Waals surface area contributed by atoms with Gasteiger partial charge in [-0.2, -0.15) is 0 Å². The maximum Gasteiger partial charge on any atom is 0.252 e. The molecule has 0 radical (unpaired) electrons. The molecule has 1 atom stereocenters. The van der Waals surface area contributed by atoms with Gasteiger partial charge in [0.2, 0.25) is 0 Å². The number of benzene rings is 2. The fraction of sp³-hybridized carbons (Fsp3) is 0.263. The molecule has 0 N–H and O–H groups in total. The van der Waals surface area contributed by atoms with Gasteiger partial charge in [-0.25, -0.2) is 0 Å². The van der Waals surface area contributed by atoms with E-state index in [4.69, 9.17) is 34.8 Å². The molecule has 128 valence electrons. The molecule has 3 nitrogen and oxygen atoms in total. The molecule has 0 saturated heterocycles. The highest BCUT2D eigenvalue weighted by atomic mass is 35.5. The number of aliphatic imine (C=N–C) groups is 1. The number of nitrogens with zero attached hydrogens (tertiary/aromatic N) is 2. The number of rotatable bonds is 3. The van der Waals surface area contributed by atoms with Crippen LogP contribution in [0.15, 0.2) is 47.5 Å². The van der Waals surface area contributed by atoms with Crippen LogP contribution >= 0.6 is 34.8 Å². The van der Waals surface area contributed by atoms with Crippen LogP contribution in [0, 0.1) is 0 Å². The summed E-state index contributed by atoms with van der Waals surface area (Å²) >= 11 is 18.9. The second-order valence-electron chi connectivity index (χ2n) is 6.33. The fourth-order valence-electron chi connectivity index (χ4n) is 3.14. The lowest BCUT2D eigenvalue weighted by Gasteiger charge is -2.25. The predicted octanol–water partition coefficient (Wildman–Crippen LogP) is 5.10. The van der Waals surface area contributed by atoms with Crippen molar-refractivity contribution in [3.8, 4) is 0 Å². The van der Waals surface area contributed by atoms with Crippen LogP contribution in [0.4, 0.5) is 5.69 Å². The van der Waals surface area contributed by atoms with Crippen molar-refractivity contribution in [2.45, 2.75) is 31.3 Å². The quantitative estimate of drug-likeness (QED) is 0.714. The second-order valence-corrected chi connectivity index (χ2v) is 7.53. The summed E-state index contributed by atoms with van der Waals surface area (Å²) in [5.74, 6) is -0.0401. The Labute approximate surface area is 161 Å².